The van der Waals surface area contributed by atoms with Gasteiger partial charge in [0.2, 0.25) is 0 Å². The van der Waals surface area contributed by atoms with E-state index in [1.807, 2.05) is 28.8 Å². The van der Waals surface area contributed by atoms with Crippen LogP contribution in [-0.2, 0) is 4.79 Å². The highest BCUT2D eigenvalue weighted by atomic mass is 32.2. The van der Waals surface area contributed by atoms with Gasteiger partial charge in [-0.1, -0.05) is 55.5 Å². The van der Waals surface area contributed by atoms with Crippen LogP contribution in [0.4, 0.5) is 5.69 Å². The summed E-state index contributed by atoms with van der Waals surface area (Å²) in [4.78, 5) is 17.7. The van der Waals surface area contributed by atoms with Crippen molar-refractivity contribution in [3.63, 3.8) is 0 Å². The lowest BCUT2D eigenvalue weighted by atomic mass is 10.1. The lowest BCUT2D eigenvalue weighted by molar-refractivity contribution is -0.676. The topological polar surface area (TPSA) is 36.9 Å². The van der Waals surface area contributed by atoms with E-state index in [2.05, 4.69) is 72.2 Å². The van der Waals surface area contributed by atoms with Crippen molar-refractivity contribution in [1.29, 1.82) is 0 Å². The maximum absolute atomic E-state index is 13.2. The summed E-state index contributed by atoms with van der Waals surface area (Å²) in [7, 11) is 0. The number of carbonyl (C=O) groups is 1. The molecule has 1 amide bonds. The van der Waals surface area contributed by atoms with E-state index >= 15 is 0 Å². The first-order valence-electron chi connectivity index (χ1n) is 9.70. The zero-order chi connectivity index (χ0) is 19.3. The number of para-hydroxylation sites is 1. The third kappa shape index (κ3) is 4.32. The fraction of sp³-hybridized carbons (Fsp3) is 0.261. The molecule has 5 heteroatoms. The van der Waals surface area contributed by atoms with Crippen molar-refractivity contribution in [1.82, 2.24) is 0 Å². The number of quaternary nitrogens is 1. The summed E-state index contributed by atoms with van der Waals surface area (Å²) in [6.45, 7) is 3.46. The van der Waals surface area contributed by atoms with Crippen molar-refractivity contribution in [3.05, 3.63) is 82.6 Å². The Morgan fingerprint density at radius 2 is 1.89 bits per heavy atom. The number of benzene rings is 2. The molecule has 0 unspecified atom stereocenters. The summed E-state index contributed by atoms with van der Waals surface area (Å²) < 4.78 is 0. The van der Waals surface area contributed by atoms with Gasteiger partial charge in [0.15, 0.2) is 6.54 Å². The van der Waals surface area contributed by atoms with Crippen LogP contribution in [0.5, 0.6) is 0 Å². The molecule has 1 aliphatic heterocycles. The van der Waals surface area contributed by atoms with Gasteiger partial charge in [0.25, 0.3) is 5.91 Å². The van der Waals surface area contributed by atoms with E-state index in [-0.39, 0.29) is 11.9 Å². The molecule has 0 saturated carbocycles. The van der Waals surface area contributed by atoms with Crippen molar-refractivity contribution < 1.29 is 10.1 Å². The molecule has 1 aliphatic rings. The summed E-state index contributed by atoms with van der Waals surface area (Å²) in [5, 5.41) is 4.80. The number of nitrogens with two attached hydrogens (primary N) is 1. The lowest BCUT2D eigenvalue weighted by Gasteiger charge is -2.23. The first-order valence-corrected chi connectivity index (χ1v) is 11.5. The van der Waals surface area contributed by atoms with Crippen molar-refractivity contribution in [3.8, 4) is 0 Å². The molecule has 2 aromatic carbocycles. The molecule has 28 heavy (non-hydrogen) atoms. The van der Waals surface area contributed by atoms with Crippen LogP contribution in [0.2, 0.25) is 0 Å². The van der Waals surface area contributed by atoms with Crippen LogP contribution >= 0.6 is 23.1 Å². The van der Waals surface area contributed by atoms with Crippen LogP contribution < -0.4 is 10.2 Å². The zero-order valence-electron chi connectivity index (χ0n) is 16.0. The predicted molar refractivity (Wildman–Crippen MR) is 118 cm³/mol. The molecule has 0 spiro atoms. The number of thioether (sulfide) groups is 1. The Balaban J connectivity index is 1.53. The van der Waals surface area contributed by atoms with Gasteiger partial charge in [0.1, 0.15) is 6.04 Å². The molecule has 2 atom stereocenters. The molecule has 0 aliphatic carbocycles. The van der Waals surface area contributed by atoms with Crippen molar-refractivity contribution in [2.75, 3.05) is 18.0 Å². The number of amides is 1. The van der Waals surface area contributed by atoms with E-state index < -0.39 is 0 Å². The van der Waals surface area contributed by atoms with Crippen molar-refractivity contribution in [2.24, 2.45) is 0 Å². The third-order valence-corrected chi connectivity index (χ3v) is 7.27. The van der Waals surface area contributed by atoms with Gasteiger partial charge in [0.05, 0.1) is 10.6 Å². The Bertz CT molecular complexity index is 911. The number of hydrogen-bond acceptors (Lipinski definition) is 3. The van der Waals surface area contributed by atoms with Crippen LogP contribution in [0.15, 0.2) is 77.0 Å². The molecular formula is C23H25N2OS2+. The van der Waals surface area contributed by atoms with Gasteiger partial charge in [0, 0.05) is 22.3 Å². The molecule has 4 rings (SSSR count). The maximum Gasteiger partial charge on any atom is 0.282 e. The normalized spacial score (nSPS) is 17.6. The molecule has 0 radical (unpaired) electrons. The molecule has 3 aromatic rings. The Morgan fingerprint density at radius 3 is 2.68 bits per heavy atom. The second-order valence-electron chi connectivity index (χ2n) is 7.07. The number of carbonyl (C=O) groups excluding carboxylic acids is 1. The lowest BCUT2D eigenvalue weighted by Crippen LogP contribution is -2.87. The minimum absolute atomic E-state index is 0.153. The van der Waals surface area contributed by atoms with Gasteiger partial charge < -0.3 is 10.2 Å². The van der Waals surface area contributed by atoms with Gasteiger partial charge in [-0.3, -0.25) is 4.79 Å². The van der Waals surface area contributed by atoms with Gasteiger partial charge >= 0.3 is 0 Å². The van der Waals surface area contributed by atoms with Gasteiger partial charge in [-0.25, -0.2) is 0 Å². The Hall–Kier alpha value is -2.08. The number of fused-ring (bicyclic) bond motifs is 1. The molecule has 2 N–H and O–H groups in total. The highest BCUT2D eigenvalue weighted by Crippen LogP contribution is 2.37. The fourth-order valence-corrected chi connectivity index (χ4v) is 5.58. The number of nitrogens with zero attached hydrogens (tertiary/aromatic N) is 1. The third-order valence-electron chi connectivity index (χ3n) is 5.08. The van der Waals surface area contributed by atoms with E-state index in [9.17, 15) is 4.79 Å². The van der Waals surface area contributed by atoms with Crippen LogP contribution in [0.3, 0.4) is 0 Å². The monoisotopic (exact) mass is 409 g/mol. The van der Waals surface area contributed by atoms with Crippen molar-refractivity contribution >= 4 is 34.7 Å². The van der Waals surface area contributed by atoms with Crippen LogP contribution in [0.25, 0.3) is 0 Å². The largest absolute Gasteiger partial charge is 0.328 e. The molecule has 1 aromatic heterocycles. The molecular weight excluding hydrogens is 384 g/mol. The zero-order valence-corrected chi connectivity index (χ0v) is 17.6. The van der Waals surface area contributed by atoms with Gasteiger partial charge in [-0.05, 0) is 30.0 Å². The van der Waals surface area contributed by atoms with E-state index in [1.54, 1.807) is 11.3 Å². The summed E-state index contributed by atoms with van der Waals surface area (Å²) in [6.07, 6.45) is 1.01. The Kier molecular flexibility index (Phi) is 6.15. The summed E-state index contributed by atoms with van der Waals surface area (Å²) in [5.74, 6) is 0.180. The van der Waals surface area contributed by atoms with Crippen LogP contribution in [0.1, 0.15) is 29.8 Å². The average Bonchev–Trinajstić information content (AvgIpc) is 3.18. The molecule has 0 bridgehead atoms. The van der Waals surface area contributed by atoms with E-state index in [4.69, 9.17) is 0 Å². The number of anilines is 1. The Morgan fingerprint density at radius 1 is 1.11 bits per heavy atom. The quantitative estimate of drug-likeness (QED) is 0.681. The SMILES string of the molecule is C[C@H]1CCN(C(=O)C[NH2+][C@H](c2ccccc2)c2cccs2)c2ccccc2S1. The van der Waals surface area contributed by atoms with Crippen LogP contribution in [-0.4, -0.2) is 24.2 Å². The van der Waals surface area contributed by atoms with E-state index in [0.29, 0.717) is 11.8 Å². The number of rotatable bonds is 5. The van der Waals surface area contributed by atoms with Crippen molar-refractivity contribution in [2.45, 2.75) is 29.5 Å². The van der Waals surface area contributed by atoms with Gasteiger partial charge in [-0.15, -0.1) is 23.1 Å². The van der Waals surface area contributed by atoms with Gasteiger partial charge in [-0.2, -0.15) is 0 Å². The fourth-order valence-electron chi connectivity index (χ4n) is 3.62. The second kappa shape index (κ2) is 8.95. The highest BCUT2D eigenvalue weighted by molar-refractivity contribution is 8.00. The van der Waals surface area contributed by atoms with Crippen LogP contribution in [0, 0.1) is 0 Å². The first-order chi connectivity index (χ1) is 13.7. The second-order valence-corrected chi connectivity index (χ2v) is 9.53. The highest BCUT2D eigenvalue weighted by Gasteiger charge is 2.27. The summed E-state index contributed by atoms with van der Waals surface area (Å²) in [5.41, 5.74) is 2.29. The average molecular weight is 410 g/mol. The Labute approximate surface area is 174 Å². The molecule has 0 fully saturated rings. The maximum atomic E-state index is 13.2. The number of hydrogen-bond donors (Lipinski definition) is 1. The van der Waals surface area contributed by atoms with E-state index in [1.165, 1.54) is 15.3 Å². The summed E-state index contributed by atoms with van der Waals surface area (Å²) in [6, 6.07) is 23.1. The predicted octanol–water partition coefficient (Wildman–Crippen LogP) is 4.32. The molecule has 3 nitrogen and oxygen atoms in total. The minimum atomic E-state index is 0.153. The minimum Gasteiger partial charge on any atom is -0.328 e. The first kappa shape index (κ1) is 19.2. The van der Waals surface area contributed by atoms with E-state index in [0.717, 1.165) is 18.7 Å². The molecule has 0 saturated heterocycles. The molecule has 2 heterocycles. The number of thiophene rings is 1. The molecule has 144 valence electrons. The summed E-state index contributed by atoms with van der Waals surface area (Å²) >= 11 is 3.62. The standard InChI is InChI=1S/C23H24N2OS2/c1-17-13-14-25(19-10-5-6-11-20(19)28-17)22(26)16-24-23(21-12-7-15-27-21)18-8-3-2-4-9-18/h2-12,15,17,23-24H,13-14,16H2,1H3/p+1/t17-,23+/m0/s1. The smallest absolute Gasteiger partial charge is 0.282 e.